The van der Waals surface area contributed by atoms with Gasteiger partial charge in [0.25, 0.3) is 0 Å². The number of halogens is 1. The Labute approximate surface area is 154 Å². The Balaban J connectivity index is 1.75. The van der Waals surface area contributed by atoms with E-state index in [1.807, 2.05) is 18.3 Å². The van der Waals surface area contributed by atoms with E-state index in [-0.39, 0.29) is 12.1 Å². The van der Waals surface area contributed by atoms with E-state index < -0.39 is 0 Å². The molecule has 1 N–H and O–H groups in total. The lowest BCUT2D eigenvalue weighted by molar-refractivity contribution is 0.249. The first-order valence-corrected chi connectivity index (χ1v) is 10.1. The zero-order chi connectivity index (χ0) is 15.8. The molecular formula is C17H18BrN3S2. The summed E-state index contributed by atoms with van der Waals surface area (Å²) in [4.78, 5) is 8.37. The highest BCUT2D eigenvalue weighted by Gasteiger charge is 2.44. The monoisotopic (exact) mass is 407 g/mol. The lowest BCUT2D eigenvalue weighted by atomic mass is 10.0. The first kappa shape index (κ1) is 15.5. The molecule has 23 heavy (non-hydrogen) atoms. The topological polar surface area (TPSA) is 28.2 Å². The van der Waals surface area contributed by atoms with Crippen LogP contribution in [0.3, 0.4) is 0 Å². The van der Waals surface area contributed by atoms with E-state index in [9.17, 15) is 0 Å². The predicted molar refractivity (Wildman–Crippen MR) is 102 cm³/mol. The van der Waals surface area contributed by atoms with E-state index in [1.165, 1.54) is 30.6 Å². The van der Waals surface area contributed by atoms with Gasteiger partial charge in [-0.3, -0.25) is 4.98 Å². The Kier molecular flexibility index (Phi) is 4.39. The summed E-state index contributed by atoms with van der Waals surface area (Å²) in [7, 11) is 0. The summed E-state index contributed by atoms with van der Waals surface area (Å²) >= 11 is 11.1. The van der Waals surface area contributed by atoms with Crippen molar-refractivity contribution in [3.05, 3.63) is 50.9 Å². The van der Waals surface area contributed by atoms with Gasteiger partial charge in [0.15, 0.2) is 5.11 Å². The van der Waals surface area contributed by atoms with Crippen molar-refractivity contribution >= 4 is 44.6 Å². The van der Waals surface area contributed by atoms with Crippen molar-refractivity contribution in [2.24, 2.45) is 0 Å². The van der Waals surface area contributed by atoms with Crippen LogP contribution in [0.1, 0.15) is 48.3 Å². The van der Waals surface area contributed by atoms with E-state index in [0.29, 0.717) is 6.04 Å². The van der Waals surface area contributed by atoms with Gasteiger partial charge in [-0.15, -0.1) is 11.3 Å². The predicted octanol–water partition coefficient (Wildman–Crippen LogP) is 4.82. The molecule has 4 rings (SSSR count). The zero-order valence-electron chi connectivity index (χ0n) is 12.6. The van der Waals surface area contributed by atoms with Gasteiger partial charge in [-0.1, -0.05) is 18.9 Å². The quantitative estimate of drug-likeness (QED) is 0.737. The molecule has 120 valence electrons. The van der Waals surface area contributed by atoms with Crippen molar-refractivity contribution in [1.82, 2.24) is 15.2 Å². The van der Waals surface area contributed by atoms with Crippen molar-refractivity contribution in [3.8, 4) is 0 Å². The Hall–Kier alpha value is -0.980. The van der Waals surface area contributed by atoms with Gasteiger partial charge in [0.2, 0.25) is 0 Å². The van der Waals surface area contributed by atoms with Crippen molar-refractivity contribution in [2.45, 2.75) is 43.8 Å². The molecule has 0 spiro atoms. The second-order valence-corrected chi connectivity index (χ2v) is 8.38. The number of thiophene rings is 1. The molecule has 0 unspecified atom stereocenters. The highest BCUT2D eigenvalue weighted by molar-refractivity contribution is 9.10. The van der Waals surface area contributed by atoms with Gasteiger partial charge in [-0.25, -0.2) is 0 Å². The van der Waals surface area contributed by atoms with Gasteiger partial charge in [-0.2, -0.15) is 0 Å². The highest BCUT2D eigenvalue weighted by Crippen LogP contribution is 2.44. The number of rotatable bonds is 3. The summed E-state index contributed by atoms with van der Waals surface area (Å²) in [5, 5.41) is 6.57. The molecule has 3 heterocycles. The summed E-state index contributed by atoms with van der Waals surface area (Å²) in [5.74, 6) is 0. The van der Waals surface area contributed by atoms with E-state index in [4.69, 9.17) is 12.2 Å². The Morgan fingerprint density at radius 1 is 1.30 bits per heavy atom. The smallest absolute Gasteiger partial charge is 0.170 e. The average molecular weight is 408 g/mol. The van der Waals surface area contributed by atoms with Gasteiger partial charge in [-0.05, 0) is 59.2 Å². The molecule has 6 heteroatoms. The van der Waals surface area contributed by atoms with Gasteiger partial charge in [0.05, 0.1) is 17.8 Å². The average Bonchev–Trinajstić information content (AvgIpc) is 3.27. The first-order valence-electron chi connectivity index (χ1n) is 7.98. The lowest BCUT2D eigenvalue weighted by Gasteiger charge is -2.32. The summed E-state index contributed by atoms with van der Waals surface area (Å²) in [5.41, 5.74) is 1.06. The molecule has 2 aromatic heterocycles. The fourth-order valence-corrected chi connectivity index (χ4v) is 5.70. The van der Waals surface area contributed by atoms with Crippen LogP contribution < -0.4 is 5.32 Å². The standard InChI is InChI=1S/C17H18BrN3S2/c18-11-9-14(23-10-11)16-15(13-7-3-4-8-19-13)20-17(22)21(16)12-5-1-2-6-12/h3-4,7-10,12,15-16H,1-2,5-6H2,(H,20,22)/t15-,16-/m1/s1. The minimum Gasteiger partial charge on any atom is -0.352 e. The molecule has 0 bridgehead atoms. The van der Waals surface area contributed by atoms with E-state index in [2.05, 4.69) is 48.6 Å². The molecule has 2 fully saturated rings. The fourth-order valence-electron chi connectivity index (χ4n) is 3.73. The SMILES string of the molecule is S=C1N[C@H](c2ccccn2)[C@@H](c2cc(Br)cs2)N1C1CCCC1. The number of nitrogens with one attached hydrogen (secondary N) is 1. The normalized spacial score (nSPS) is 25.1. The Morgan fingerprint density at radius 2 is 2.13 bits per heavy atom. The summed E-state index contributed by atoms with van der Waals surface area (Å²) in [6, 6.07) is 9.23. The number of aromatic nitrogens is 1. The van der Waals surface area contributed by atoms with E-state index in [1.54, 1.807) is 11.3 Å². The molecular weight excluding hydrogens is 390 g/mol. The summed E-state index contributed by atoms with van der Waals surface area (Å²) in [6.07, 6.45) is 6.94. The molecule has 1 aliphatic heterocycles. The Bertz CT molecular complexity index is 697. The molecule has 2 atom stereocenters. The molecule has 1 aliphatic carbocycles. The van der Waals surface area contributed by atoms with Crippen LogP contribution in [0.25, 0.3) is 0 Å². The van der Waals surface area contributed by atoms with Crippen molar-refractivity contribution in [2.75, 3.05) is 0 Å². The minimum atomic E-state index is 0.120. The zero-order valence-corrected chi connectivity index (χ0v) is 15.8. The fraction of sp³-hybridized carbons (Fsp3) is 0.412. The molecule has 3 nitrogen and oxygen atoms in total. The third kappa shape index (κ3) is 2.92. The summed E-state index contributed by atoms with van der Waals surface area (Å²) in [6.45, 7) is 0. The van der Waals surface area contributed by atoms with Crippen molar-refractivity contribution in [1.29, 1.82) is 0 Å². The number of hydrogen-bond acceptors (Lipinski definition) is 3. The van der Waals surface area contributed by atoms with E-state index >= 15 is 0 Å². The van der Waals surface area contributed by atoms with Crippen LogP contribution in [0.2, 0.25) is 0 Å². The van der Waals surface area contributed by atoms with Crippen LogP contribution in [0.15, 0.2) is 40.3 Å². The van der Waals surface area contributed by atoms with Crippen LogP contribution in [0.5, 0.6) is 0 Å². The maximum Gasteiger partial charge on any atom is 0.170 e. The molecule has 1 saturated carbocycles. The molecule has 0 radical (unpaired) electrons. The number of thiocarbonyl (C=S) groups is 1. The highest BCUT2D eigenvalue weighted by atomic mass is 79.9. The van der Waals surface area contributed by atoms with Gasteiger partial charge >= 0.3 is 0 Å². The lowest BCUT2D eigenvalue weighted by Crippen LogP contribution is -2.37. The van der Waals surface area contributed by atoms with Gasteiger partial charge < -0.3 is 10.2 Å². The van der Waals surface area contributed by atoms with Crippen LogP contribution in [-0.2, 0) is 0 Å². The number of nitrogens with zero attached hydrogens (tertiary/aromatic N) is 2. The van der Waals surface area contributed by atoms with E-state index in [0.717, 1.165) is 15.3 Å². The number of pyridine rings is 1. The minimum absolute atomic E-state index is 0.120. The maximum atomic E-state index is 5.72. The second kappa shape index (κ2) is 6.49. The number of hydrogen-bond donors (Lipinski definition) is 1. The van der Waals surface area contributed by atoms with Gasteiger partial charge in [0.1, 0.15) is 0 Å². The maximum absolute atomic E-state index is 5.72. The third-order valence-electron chi connectivity index (χ3n) is 4.73. The van der Waals surface area contributed by atoms with Crippen molar-refractivity contribution < 1.29 is 0 Å². The summed E-state index contributed by atoms with van der Waals surface area (Å²) < 4.78 is 1.14. The second-order valence-electron chi connectivity index (χ2n) is 6.14. The molecule has 2 aromatic rings. The first-order chi connectivity index (χ1) is 11.2. The Morgan fingerprint density at radius 3 is 2.78 bits per heavy atom. The molecule has 2 aliphatic rings. The molecule has 0 aromatic carbocycles. The third-order valence-corrected chi connectivity index (χ3v) is 6.83. The van der Waals surface area contributed by atoms with Crippen molar-refractivity contribution in [3.63, 3.8) is 0 Å². The largest absolute Gasteiger partial charge is 0.352 e. The van der Waals surface area contributed by atoms with Crippen LogP contribution in [0, 0.1) is 0 Å². The van der Waals surface area contributed by atoms with Crippen LogP contribution in [-0.4, -0.2) is 21.0 Å². The van der Waals surface area contributed by atoms with Crippen LogP contribution >= 0.6 is 39.5 Å². The van der Waals surface area contributed by atoms with Gasteiger partial charge in [0, 0.05) is 27.0 Å². The molecule has 1 saturated heterocycles. The molecule has 0 amide bonds. The van der Waals surface area contributed by atoms with Crippen LogP contribution in [0.4, 0.5) is 0 Å².